The van der Waals surface area contributed by atoms with Gasteiger partial charge in [0.05, 0.1) is 18.2 Å². The van der Waals surface area contributed by atoms with Gasteiger partial charge < -0.3 is 9.30 Å². The van der Waals surface area contributed by atoms with Crippen LogP contribution in [-0.4, -0.2) is 15.3 Å². The largest absolute Gasteiger partial charge is 0.487 e. The Hall–Kier alpha value is -2.10. The molecule has 0 fully saturated rings. The fraction of sp³-hybridized carbons (Fsp3) is 0.375. The summed E-state index contributed by atoms with van der Waals surface area (Å²) >= 11 is 0. The second-order valence-corrected chi connectivity index (χ2v) is 5.06. The number of benzene rings is 1. The molecule has 0 N–H and O–H groups in total. The number of hydrogen-bond donors (Lipinski definition) is 0. The van der Waals surface area contributed by atoms with E-state index >= 15 is 0 Å². The number of imidazole rings is 1. The van der Waals surface area contributed by atoms with Crippen LogP contribution in [0.5, 0.6) is 5.75 Å². The molecular formula is C16H18N2O2. The van der Waals surface area contributed by atoms with Gasteiger partial charge in [-0.05, 0) is 43.5 Å². The van der Waals surface area contributed by atoms with Gasteiger partial charge in [0.1, 0.15) is 12.4 Å². The Labute approximate surface area is 118 Å². The van der Waals surface area contributed by atoms with E-state index in [-0.39, 0.29) is 5.78 Å². The third kappa shape index (κ3) is 2.46. The molecule has 0 unspecified atom stereocenters. The van der Waals surface area contributed by atoms with Crippen molar-refractivity contribution in [3.8, 4) is 5.75 Å². The molecule has 1 aromatic heterocycles. The minimum atomic E-state index is 0.252. The molecule has 0 aliphatic heterocycles. The van der Waals surface area contributed by atoms with Crippen molar-refractivity contribution in [2.45, 2.75) is 39.3 Å². The van der Waals surface area contributed by atoms with Crippen molar-refractivity contribution in [1.82, 2.24) is 9.55 Å². The first-order valence-corrected chi connectivity index (χ1v) is 7.06. The second kappa shape index (κ2) is 5.49. The van der Waals surface area contributed by atoms with Gasteiger partial charge in [-0.25, -0.2) is 4.98 Å². The van der Waals surface area contributed by atoms with E-state index in [1.54, 1.807) is 0 Å². The third-order valence-electron chi connectivity index (χ3n) is 3.75. The van der Waals surface area contributed by atoms with Crippen molar-refractivity contribution in [2.75, 3.05) is 0 Å². The van der Waals surface area contributed by atoms with Crippen molar-refractivity contribution < 1.29 is 9.53 Å². The maximum atomic E-state index is 11.8. The molecule has 0 saturated heterocycles. The van der Waals surface area contributed by atoms with Gasteiger partial charge in [-0.1, -0.05) is 0 Å². The normalized spacial score (nSPS) is 14.2. The van der Waals surface area contributed by atoms with Crippen LogP contribution in [0.15, 0.2) is 30.7 Å². The number of nitrogens with zero attached hydrogens (tertiary/aromatic N) is 2. The average molecular weight is 270 g/mol. The molecule has 3 rings (SSSR count). The molecule has 0 saturated carbocycles. The lowest BCUT2D eigenvalue weighted by molar-refractivity contribution is 0.0972. The zero-order valence-corrected chi connectivity index (χ0v) is 11.6. The van der Waals surface area contributed by atoms with E-state index in [2.05, 4.69) is 16.5 Å². The molecule has 1 aromatic carbocycles. The van der Waals surface area contributed by atoms with E-state index in [9.17, 15) is 4.79 Å². The molecule has 0 spiro atoms. The zero-order chi connectivity index (χ0) is 13.9. The highest BCUT2D eigenvalue weighted by atomic mass is 16.5. The molecule has 20 heavy (non-hydrogen) atoms. The summed E-state index contributed by atoms with van der Waals surface area (Å²) in [4.78, 5) is 15.9. The van der Waals surface area contributed by atoms with Gasteiger partial charge >= 0.3 is 0 Å². The number of fused-ring (bicyclic) bond motifs is 1. The molecule has 1 aliphatic carbocycles. The van der Waals surface area contributed by atoms with Gasteiger partial charge in [0.2, 0.25) is 0 Å². The highest BCUT2D eigenvalue weighted by Gasteiger charge is 2.17. The first-order valence-electron chi connectivity index (χ1n) is 7.06. The van der Waals surface area contributed by atoms with E-state index < -0.39 is 0 Å². The number of rotatable bonds is 4. The van der Waals surface area contributed by atoms with Gasteiger partial charge in [0.15, 0.2) is 5.78 Å². The fourth-order valence-corrected chi connectivity index (χ4v) is 2.62. The first kappa shape index (κ1) is 12.9. The van der Waals surface area contributed by atoms with Crippen LogP contribution in [0.2, 0.25) is 0 Å². The quantitative estimate of drug-likeness (QED) is 0.857. The lowest BCUT2D eigenvalue weighted by atomic mass is 9.90. The summed E-state index contributed by atoms with van der Waals surface area (Å²) < 4.78 is 7.88. The molecule has 1 aliphatic rings. The predicted molar refractivity (Wildman–Crippen MR) is 75.9 cm³/mol. The summed E-state index contributed by atoms with van der Waals surface area (Å²) in [6.07, 6.45) is 6.21. The van der Waals surface area contributed by atoms with E-state index in [4.69, 9.17) is 4.74 Å². The van der Waals surface area contributed by atoms with Crippen LogP contribution in [0.25, 0.3) is 0 Å². The molecule has 2 aromatic rings. The number of Topliss-reactive ketones (excluding diaryl/α,β-unsaturated/α-hetero) is 1. The van der Waals surface area contributed by atoms with E-state index in [0.29, 0.717) is 13.0 Å². The maximum absolute atomic E-state index is 11.8. The Morgan fingerprint density at radius 2 is 2.25 bits per heavy atom. The summed E-state index contributed by atoms with van der Waals surface area (Å²) in [5.74, 6) is 1.07. The van der Waals surface area contributed by atoms with E-state index in [0.717, 1.165) is 42.0 Å². The monoisotopic (exact) mass is 270 g/mol. The SMILES string of the molecule is CCn1cncc1COc1ccc2c(c1)CCCC2=O. The molecular weight excluding hydrogens is 252 g/mol. The minimum Gasteiger partial charge on any atom is -0.487 e. The zero-order valence-electron chi connectivity index (χ0n) is 11.6. The molecule has 4 nitrogen and oxygen atoms in total. The topological polar surface area (TPSA) is 44.1 Å². The van der Waals surface area contributed by atoms with Gasteiger partial charge in [0, 0.05) is 18.5 Å². The number of aryl methyl sites for hydroxylation is 2. The maximum Gasteiger partial charge on any atom is 0.163 e. The second-order valence-electron chi connectivity index (χ2n) is 5.06. The Morgan fingerprint density at radius 1 is 1.35 bits per heavy atom. The number of hydrogen-bond acceptors (Lipinski definition) is 3. The molecule has 1 heterocycles. The minimum absolute atomic E-state index is 0.252. The summed E-state index contributed by atoms with van der Waals surface area (Å²) in [6, 6.07) is 5.77. The van der Waals surface area contributed by atoms with Crippen molar-refractivity contribution in [3.63, 3.8) is 0 Å². The van der Waals surface area contributed by atoms with Crippen LogP contribution < -0.4 is 4.74 Å². The summed E-state index contributed by atoms with van der Waals surface area (Å²) in [5.41, 5.74) is 3.03. The van der Waals surface area contributed by atoms with Crippen molar-refractivity contribution in [2.24, 2.45) is 0 Å². The number of ketones is 1. The van der Waals surface area contributed by atoms with Crippen LogP contribution in [0.4, 0.5) is 0 Å². The highest BCUT2D eigenvalue weighted by Crippen LogP contribution is 2.25. The molecule has 4 heteroatoms. The Kier molecular flexibility index (Phi) is 3.54. The van der Waals surface area contributed by atoms with Gasteiger partial charge in [-0.2, -0.15) is 0 Å². The van der Waals surface area contributed by atoms with Gasteiger partial charge in [0.25, 0.3) is 0 Å². The van der Waals surface area contributed by atoms with Crippen molar-refractivity contribution in [3.05, 3.63) is 47.5 Å². The summed E-state index contributed by atoms with van der Waals surface area (Å²) in [7, 11) is 0. The molecule has 104 valence electrons. The Morgan fingerprint density at radius 3 is 3.10 bits per heavy atom. The van der Waals surface area contributed by atoms with Crippen LogP contribution in [0.1, 0.15) is 41.4 Å². The molecule has 0 atom stereocenters. The third-order valence-corrected chi connectivity index (χ3v) is 3.75. The number of aromatic nitrogens is 2. The molecule has 0 radical (unpaired) electrons. The van der Waals surface area contributed by atoms with Crippen molar-refractivity contribution >= 4 is 5.78 Å². The standard InChI is InChI=1S/C16H18N2O2/c1-2-18-11-17-9-13(18)10-20-14-6-7-15-12(8-14)4-3-5-16(15)19/h6-9,11H,2-5,10H2,1H3. The average Bonchev–Trinajstić information content (AvgIpc) is 2.92. The highest BCUT2D eigenvalue weighted by molar-refractivity contribution is 5.98. The Bertz CT molecular complexity index is 631. The number of carbonyl (C=O) groups excluding carboxylic acids is 1. The lowest BCUT2D eigenvalue weighted by Gasteiger charge is -2.16. The summed E-state index contributed by atoms with van der Waals surface area (Å²) in [6.45, 7) is 3.47. The van der Waals surface area contributed by atoms with Crippen LogP contribution in [0, 0.1) is 0 Å². The molecule has 0 amide bonds. The summed E-state index contributed by atoms with van der Waals surface area (Å²) in [5, 5.41) is 0. The van der Waals surface area contributed by atoms with Crippen LogP contribution >= 0.6 is 0 Å². The fourth-order valence-electron chi connectivity index (χ4n) is 2.62. The van der Waals surface area contributed by atoms with Gasteiger partial charge in [-0.3, -0.25) is 4.79 Å². The number of carbonyl (C=O) groups is 1. The smallest absolute Gasteiger partial charge is 0.163 e. The first-order chi connectivity index (χ1) is 9.78. The number of ether oxygens (including phenoxy) is 1. The van der Waals surface area contributed by atoms with Crippen LogP contribution in [0.3, 0.4) is 0 Å². The van der Waals surface area contributed by atoms with Gasteiger partial charge in [-0.15, -0.1) is 0 Å². The van der Waals surface area contributed by atoms with Crippen molar-refractivity contribution in [1.29, 1.82) is 0 Å². The molecule has 0 bridgehead atoms. The van der Waals surface area contributed by atoms with E-state index in [1.807, 2.05) is 30.7 Å². The van der Waals surface area contributed by atoms with Crippen LogP contribution in [-0.2, 0) is 19.6 Å². The van der Waals surface area contributed by atoms with E-state index in [1.165, 1.54) is 0 Å². The Balaban J connectivity index is 1.74. The lowest BCUT2D eigenvalue weighted by Crippen LogP contribution is -2.11. The predicted octanol–water partition coefficient (Wildman–Crippen LogP) is 3.00.